The fraction of sp³-hybridized carbons (Fsp3) is 0.429. The van der Waals surface area contributed by atoms with Crippen molar-refractivity contribution in [1.82, 2.24) is 14.8 Å². The van der Waals surface area contributed by atoms with E-state index in [4.69, 9.17) is 0 Å². The van der Waals surface area contributed by atoms with Gasteiger partial charge in [0.2, 0.25) is 0 Å². The molecule has 102 valence electrons. The minimum absolute atomic E-state index is 0.400. The van der Waals surface area contributed by atoms with Gasteiger partial charge in [-0.05, 0) is 31.5 Å². The maximum Gasteiger partial charge on any atom is 0.141 e. The molecule has 19 heavy (non-hydrogen) atoms. The maximum atomic E-state index is 12.8. The molecule has 5 heteroatoms. The van der Waals surface area contributed by atoms with Crippen LogP contribution in [0.25, 0.3) is 0 Å². The van der Waals surface area contributed by atoms with Crippen molar-refractivity contribution in [3.8, 4) is 0 Å². The normalized spacial score (nSPS) is 12.6. The van der Waals surface area contributed by atoms with E-state index >= 15 is 0 Å². The number of hydrogen-bond donors (Lipinski definition) is 1. The highest BCUT2D eigenvalue weighted by Gasteiger charge is 2.14. The van der Waals surface area contributed by atoms with Gasteiger partial charge in [0, 0.05) is 18.7 Å². The van der Waals surface area contributed by atoms with Gasteiger partial charge in [-0.2, -0.15) is 5.10 Å². The van der Waals surface area contributed by atoms with Gasteiger partial charge in [-0.1, -0.05) is 6.92 Å². The molecular formula is C14H18FN3O. The minimum Gasteiger partial charge on any atom is -0.386 e. The maximum absolute atomic E-state index is 12.8. The van der Waals surface area contributed by atoms with E-state index in [-0.39, 0.29) is 0 Å². The Bertz CT molecular complexity index is 536. The molecule has 4 nitrogen and oxygen atoms in total. The molecule has 0 saturated carbocycles. The fourth-order valence-electron chi connectivity index (χ4n) is 2.01. The first kappa shape index (κ1) is 13.7. The number of rotatable bonds is 5. The van der Waals surface area contributed by atoms with Crippen LogP contribution in [0.2, 0.25) is 0 Å². The van der Waals surface area contributed by atoms with Gasteiger partial charge >= 0.3 is 0 Å². The number of hydrogen-bond acceptors (Lipinski definition) is 3. The lowest BCUT2D eigenvalue weighted by atomic mass is 10.1. The molecule has 2 aromatic rings. The van der Waals surface area contributed by atoms with E-state index < -0.39 is 11.9 Å². The van der Waals surface area contributed by atoms with Crippen LogP contribution in [0.4, 0.5) is 4.39 Å². The molecule has 0 spiro atoms. The Morgan fingerprint density at radius 1 is 1.37 bits per heavy atom. The highest BCUT2D eigenvalue weighted by molar-refractivity contribution is 5.15. The topological polar surface area (TPSA) is 50.9 Å². The van der Waals surface area contributed by atoms with Crippen molar-refractivity contribution >= 4 is 0 Å². The van der Waals surface area contributed by atoms with Gasteiger partial charge in [0.15, 0.2) is 0 Å². The molecule has 1 atom stereocenters. The Balaban J connectivity index is 2.15. The summed E-state index contributed by atoms with van der Waals surface area (Å²) in [6, 6.07) is 4.81. The molecule has 0 aliphatic carbocycles. The van der Waals surface area contributed by atoms with E-state index in [1.807, 2.05) is 24.6 Å². The molecule has 0 aromatic carbocycles. The van der Waals surface area contributed by atoms with Crippen molar-refractivity contribution in [2.75, 3.05) is 0 Å². The zero-order valence-electron chi connectivity index (χ0n) is 11.2. The Hall–Kier alpha value is -1.75. The van der Waals surface area contributed by atoms with Gasteiger partial charge in [0.1, 0.15) is 11.9 Å². The summed E-state index contributed by atoms with van der Waals surface area (Å²) in [6.07, 6.45) is 1.67. The number of halogens is 1. The van der Waals surface area contributed by atoms with Crippen molar-refractivity contribution in [3.63, 3.8) is 0 Å². The standard InChI is InChI=1S/C14H18FN3O/c1-3-11-7-12(18(4-2)17-11)8-14(19)13-6-5-10(15)9-16-13/h5-7,9,14,19H,3-4,8H2,1-2H3. The lowest BCUT2D eigenvalue weighted by molar-refractivity contribution is 0.170. The predicted molar refractivity (Wildman–Crippen MR) is 70.1 cm³/mol. The number of pyridine rings is 1. The van der Waals surface area contributed by atoms with Crippen LogP contribution >= 0.6 is 0 Å². The average molecular weight is 263 g/mol. The van der Waals surface area contributed by atoms with E-state index in [1.54, 1.807) is 0 Å². The molecule has 0 amide bonds. The quantitative estimate of drug-likeness (QED) is 0.900. The largest absolute Gasteiger partial charge is 0.386 e. The summed E-state index contributed by atoms with van der Waals surface area (Å²) >= 11 is 0. The van der Waals surface area contributed by atoms with E-state index in [0.29, 0.717) is 12.1 Å². The van der Waals surface area contributed by atoms with Crippen LogP contribution in [0.3, 0.4) is 0 Å². The van der Waals surface area contributed by atoms with E-state index in [1.165, 1.54) is 12.1 Å². The van der Waals surface area contributed by atoms with Crippen LogP contribution in [-0.4, -0.2) is 19.9 Å². The van der Waals surface area contributed by atoms with Crippen molar-refractivity contribution in [2.24, 2.45) is 0 Å². The van der Waals surface area contributed by atoms with E-state index in [0.717, 1.165) is 30.6 Å². The summed E-state index contributed by atoms with van der Waals surface area (Å²) in [5, 5.41) is 14.6. The molecule has 1 N–H and O–H groups in total. The van der Waals surface area contributed by atoms with Gasteiger partial charge in [-0.3, -0.25) is 9.67 Å². The Kier molecular flexibility index (Phi) is 4.27. The number of aryl methyl sites for hydroxylation is 2. The SMILES string of the molecule is CCc1cc(CC(O)c2ccc(F)cn2)n(CC)n1. The first-order chi connectivity index (χ1) is 9.13. The summed E-state index contributed by atoms with van der Waals surface area (Å²) in [6.45, 7) is 4.82. The molecular weight excluding hydrogens is 245 g/mol. The second kappa shape index (κ2) is 5.93. The van der Waals surface area contributed by atoms with Crippen molar-refractivity contribution < 1.29 is 9.50 Å². The van der Waals surface area contributed by atoms with E-state index in [9.17, 15) is 9.50 Å². The Morgan fingerprint density at radius 2 is 2.16 bits per heavy atom. The van der Waals surface area contributed by atoms with Crippen molar-refractivity contribution in [1.29, 1.82) is 0 Å². The predicted octanol–water partition coefficient (Wildman–Crippen LogP) is 2.28. The van der Waals surface area contributed by atoms with Crippen LogP contribution in [0.5, 0.6) is 0 Å². The van der Waals surface area contributed by atoms with Crippen LogP contribution in [0, 0.1) is 5.82 Å². The zero-order chi connectivity index (χ0) is 13.8. The number of aromatic nitrogens is 3. The van der Waals surface area contributed by atoms with Crippen LogP contribution in [-0.2, 0) is 19.4 Å². The Labute approximate surface area is 111 Å². The zero-order valence-corrected chi connectivity index (χ0v) is 11.2. The van der Waals surface area contributed by atoms with Crippen LogP contribution in [0.15, 0.2) is 24.4 Å². The fourth-order valence-corrected chi connectivity index (χ4v) is 2.01. The van der Waals surface area contributed by atoms with E-state index in [2.05, 4.69) is 10.1 Å². The molecule has 2 rings (SSSR count). The highest BCUT2D eigenvalue weighted by atomic mass is 19.1. The lowest BCUT2D eigenvalue weighted by Gasteiger charge is -2.10. The molecule has 2 heterocycles. The smallest absolute Gasteiger partial charge is 0.141 e. The van der Waals surface area contributed by atoms with Crippen LogP contribution < -0.4 is 0 Å². The molecule has 0 saturated heterocycles. The summed E-state index contributed by atoms with van der Waals surface area (Å²) in [4.78, 5) is 3.90. The summed E-state index contributed by atoms with van der Waals surface area (Å²) in [5.74, 6) is -0.400. The number of nitrogens with zero attached hydrogens (tertiary/aromatic N) is 3. The van der Waals surface area contributed by atoms with Gasteiger partial charge in [-0.15, -0.1) is 0 Å². The molecule has 1 unspecified atom stereocenters. The number of aliphatic hydroxyl groups excluding tert-OH is 1. The van der Waals surface area contributed by atoms with Gasteiger partial charge in [0.25, 0.3) is 0 Å². The van der Waals surface area contributed by atoms with Crippen molar-refractivity contribution in [3.05, 3.63) is 47.3 Å². The molecule has 0 fully saturated rings. The molecule has 0 radical (unpaired) electrons. The van der Waals surface area contributed by atoms with Gasteiger partial charge in [0.05, 0.1) is 17.6 Å². The summed E-state index contributed by atoms with van der Waals surface area (Å²) in [5.41, 5.74) is 2.46. The second-order valence-corrected chi connectivity index (χ2v) is 4.42. The number of aliphatic hydroxyl groups is 1. The average Bonchev–Trinajstić information content (AvgIpc) is 2.81. The molecule has 0 aliphatic rings. The van der Waals surface area contributed by atoms with Crippen LogP contribution in [0.1, 0.15) is 37.0 Å². The van der Waals surface area contributed by atoms with Crippen molar-refractivity contribution in [2.45, 2.75) is 39.3 Å². The third-order valence-electron chi connectivity index (χ3n) is 3.07. The summed E-state index contributed by atoms with van der Waals surface area (Å²) < 4.78 is 14.7. The third kappa shape index (κ3) is 3.17. The lowest BCUT2D eigenvalue weighted by Crippen LogP contribution is -2.09. The third-order valence-corrected chi connectivity index (χ3v) is 3.07. The Morgan fingerprint density at radius 3 is 2.74 bits per heavy atom. The van der Waals surface area contributed by atoms with Gasteiger partial charge < -0.3 is 5.11 Å². The minimum atomic E-state index is -0.743. The summed E-state index contributed by atoms with van der Waals surface area (Å²) in [7, 11) is 0. The van der Waals surface area contributed by atoms with Gasteiger partial charge in [-0.25, -0.2) is 4.39 Å². The molecule has 2 aromatic heterocycles. The molecule has 0 bridgehead atoms. The highest BCUT2D eigenvalue weighted by Crippen LogP contribution is 2.17. The second-order valence-electron chi connectivity index (χ2n) is 4.42. The molecule has 0 aliphatic heterocycles. The first-order valence-electron chi connectivity index (χ1n) is 6.49. The first-order valence-corrected chi connectivity index (χ1v) is 6.49. The monoisotopic (exact) mass is 263 g/mol.